The Hall–Kier alpha value is -3.61. The van der Waals surface area contributed by atoms with Gasteiger partial charge in [-0.2, -0.15) is 5.10 Å². The Morgan fingerprint density at radius 2 is 1.75 bits per heavy atom. The van der Waals surface area contributed by atoms with E-state index in [1.165, 1.54) is 10.9 Å². The molecular weight excluding hydrogens is 400 g/mol. The van der Waals surface area contributed by atoms with Crippen LogP contribution >= 0.6 is 0 Å². The van der Waals surface area contributed by atoms with Crippen molar-refractivity contribution in [2.45, 2.75) is 6.54 Å². The first-order valence-corrected chi connectivity index (χ1v) is 10.9. The smallest absolute Gasteiger partial charge is 0.116 e. The highest BCUT2D eigenvalue weighted by atomic mass is 16.5. The lowest BCUT2D eigenvalue weighted by molar-refractivity contribution is 0.0342. The molecule has 0 saturated carbocycles. The highest BCUT2D eigenvalue weighted by molar-refractivity contribution is 5.97. The van der Waals surface area contributed by atoms with Crippen LogP contribution in [0.1, 0.15) is 5.56 Å². The van der Waals surface area contributed by atoms with Gasteiger partial charge in [-0.3, -0.25) is 10.00 Å². The van der Waals surface area contributed by atoms with Gasteiger partial charge in [-0.15, -0.1) is 0 Å². The van der Waals surface area contributed by atoms with Crippen molar-refractivity contribution in [2.24, 2.45) is 0 Å². The number of aromatic amines is 2. The molecule has 1 saturated heterocycles. The molecule has 1 aliphatic heterocycles. The van der Waals surface area contributed by atoms with Crippen molar-refractivity contribution in [3.05, 3.63) is 72.3 Å². The minimum atomic E-state index is 0.263. The number of nitrogens with zero attached hydrogens (tertiary/aromatic N) is 2. The van der Waals surface area contributed by atoms with Gasteiger partial charge in [0.15, 0.2) is 0 Å². The van der Waals surface area contributed by atoms with Crippen LogP contribution in [0.2, 0.25) is 0 Å². The third-order valence-electron chi connectivity index (χ3n) is 6.19. The van der Waals surface area contributed by atoms with E-state index in [1.807, 2.05) is 24.3 Å². The van der Waals surface area contributed by atoms with E-state index in [9.17, 15) is 5.11 Å². The van der Waals surface area contributed by atoms with Crippen LogP contribution in [0.15, 0.2) is 66.7 Å². The number of rotatable bonds is 4. The molecule has 1 fully saturated rings. The van der Waals surface area contributed by atoms with Gasteiger partial charge in [-0.25, -0.2) is 0 Å². The molecule has 0 atom stereocenters. The van der Waals surface area contributed by atoms with Gasteiger partial charge >= 0.3 is 0 Å². The summed E-state index contributed by atoms with van der Waals surface area (Å²) in [5, 5.41) is 19.8. The second-order valence-electron chi connectivity index (χ2n) is 8.38. The Morgan fingerprint density at radius 3 is 2.62 bits per heavy atom. The van der Waals surface area contributed by atoms with Crippen molar-refractivity contribution < 1.29 is 9.84 Å². The zero-order chi connectivity index (χ0) is 21.5. The topological polar surface area (TPSA) is 77.2 Å². The summed E-state index contributed by atoms with van der Waals surface area (Å²) in [6.45, 7) is 4.54. The van der Waals surface area contributed by atoms with E-state index in [1.54, 1.807) is 12.1 Å². The predicted octanol–water partition coefficient (Wildman–Crippen LogP) is 4.92. The lowest BCUT2D eigenvalue weighted by Crippen LogP contribution is -2.35. The predicted molar refractivity (Wildman–Crippen MR) is 127 cm³/mol. The van der Waals surface area contributed by atoms with Crippen molar-refractivity contribution in [1.82, 2.24) is 20.1 Å². The fraction of sp³-hybridized carbons (Fsp3) is 0.192. The Balaban J connectivity index is 1.36. The van der Waals surface area contributed by atoms with E-state index < -0.39 is 0 Å². The summed E-state index contributed by atoms with van der Waals surface area (Å²) in [6, 6.07) is 22.3. The van der Waals surface area contributed by atoms with Crippen molar-refractivity contribution >= 4 is 21.8 Å². The highest BCUT2D eigenvalue weighted by Gasteiger charge is 2.14. The van der Waals surface area contributed by atoms with E-state index in [-0.39, 0.29) is 5.75 Å². The number of hydrogen-bond acceptors (Lipinski definition) is 4. The summed E-state index contributed by atoms with van der Waals surface area (Å²) in [5.74, 6) is 0.263. The van der Waals surface area contributed by atoms with Gasteiger partial charge in [0.1, 0.15) is 11.4 Å². The zero-order valence-electron chi connectivity index (χ0n) is 17.6. The second kappa shape index (κ2) is 7.82. The molecule has 0 amide bonds. The summed E-state index contributed by atoms with van der Waals surface area (Å²) < 4.78 is 5.46. The van der Waals surface area contributed by atoms with Crippen molar-refractivity contribution in [3.8, 4) is 28.3 Å². The third-order valence-corrected chi connectivity index (χ3v) is 6.19. The van der Waals surface area contributed by atoms with Gasteiger partial charge in [0.05, 0.1) is 24.4 Å². The standard InChI is InChI=1S/C26H24N4O2/c31-21-3-1-2-18(13-21)19-5-7-24-22(14-19)26(29-28-24)25-15-20-12-17(4-6-23(20)27-25)16-30-8-10-32-11-9-30/h1-7,12-15,27,31H,8-11,16H2,(H,28,29). The number of fused-ring (bicyclic) bond motifs is 2. The molecule has 6 nitrogen and oxygen atoms in total. The molecule has 0 spiro atoms. The first-order valence-electron chi connectivity index (χ1n) is 10.9. The van der Waals surface area contributed by atoms with Gasteiger partial charge in [-0.05, 0) is 59.2 Å². The number of aromatic hydroxyl groups is 1. The van der Waals surface area contributed by atoms with Crippen LogP contribution in [0.25, 0.3) is 44.3 Å². The number of ether oxygens (including phenoxy) is 1. The van der Waals surface area contributed by atoms with Crippen LogP contribution in [0.4, 0.5) is 0 Å². The van der Waals surface area contributed by atoms with Gasteiger partial charge in [0.25, 0.3) is 0 Å². The monoisotopic (exact) mass is 424 g/mol. The molecule has 6 rings (SSSR count). The van der Waals surface area contributed by atoms with Gasteiger partial charge in [-0.1, -0.05) is 24.3 Å². The van der Waals surface area contributed by atoms with Crippen LogP contribution < -0.4 is 0 Å². The molecule has 0 radical (unpaired) electrons. The Bertz CT molecular complexity index is 1410. The van der Waals surface area contributed by atoms with Crippen LogP contribution in [-0.4, -0.2) is 51.5 Å². The maximum absolute atomic E-state index is 9.85. The van der Waals surface area contributed by atoms with Crippen molar-refractivity contribution in [3.63, 3.8) is 0 Å². The Kier molecular flexibility index (Phi) is 4.67. The minimum Gasteiger partial charge on any atom is -0.508 e. The Labute approximate surface area is 185 Å². The number of H-pyrrole nitrogens is 2. The molecule has 3 aromatic carbocycles. The average molecular weight is 425 g/mol. The summed E-state index contributed by atoms with van der Waals surface area (Å²) in [5.41, 5.74) is 7.30. The Morgan fingerprint density at radius 1 is 0.906 bits per heavy atom. The maximum Gasteiger partial charge on any atom is 0.116 e. The molecule has 0 aliphatic carbocycles. The number of phenols is 1. The van der Waals surface area contributed by atoms with Gasteiger partial charge in [0, 0.05) is 35.9 Å². The fourth-order valence-electron chi connectivity index (χ4n) is 4.51. The fourth-order valence-corrected chi connectivity index (χ4v) is 4.51. The van der Waals surface area contributed by atoms with E-state index in [2.05, 4.69) is 50.4 Å². The van der Waals surface area contributed by atoms with E-state index in [0.29, 0.717) is 0 Å². The number of phenolic OH excluding ortho intramolecular Hbond substituents is 1. The van der Waals surface area contributed by atoms with Gasteiger partial charge < -0.3 is 14.8 Å². The van der Waals surface area contributed by atoms with Crippen molar-refractivity contribution in [2.75, 3.05) is 26.3 Å². The minimum absolute atomic E-state index is 0.263. The van der Waals surface area contributed by atoms with Crippen LogP contribution in [-0.2, 0) is 11.3 Å². The van der Waals surface area contributed by atoms with Crippen LogP contribution in [0.5, 0.6) is 5.75 Å². The molecule has 3 N–H and O–H groups in total. The molecular formula is C26H24N4O2. The number of hydrogen-bond donors (Lipinski definition) is 3. The van der Waals surface area contributed by atoms with Crippen molar-refractivity contribution in [1.29, 1.82) is 0 Å². The average Bonchev–Trinajstić information content (AvgIpc) is 3.43. The van der Waals surface area contributed by atoms with Gasteiger partial charge in [0.2, 0.25) is 0 Å². The molecule has 5 aromatic rings. The lowest BCUT2D eigenvalue weighted by Gasteiger charge is -2.26. The normalized spacial score (nSPS) is 15.0. The quantitative estimate of drug-likeness (QED) is 0.383. The van der Waals surface area contributed by atoms with E-state index in [4.69, 9.17) is 4.74 Å². The molecule has 32 heavy (non-hydrogen) atoms. The molecule has 0 unspecified atom stereocenters. The SMILES string of the molecule is Oc1cccc(-c2ccc3[nH]nc(-c4cc5cc(CN6CCOCC6)ccc5[nH]4)c3c2)c1. The number of nitrogens with one attached hydrogen (secondary N) is 2. The first-order chi connectivity index (χ1) is 15.7. The summed E-state index contributed by atoms with van der Waals surface area (Å²) in [6.07, 6.45) is 0. The molecule has 160 valence electrons. The third kappa shape index (κ3) is 3.53. The van der Waals surface area contributed by atoms with E-state index in [0.717, 1.165) is 71.8 Å². The van der Waals surface area contributed by atoms with Crippen LogP contribution in [0, 0.1) is 0 Å². The first kappa shape index (κ1) is 19.1. The second-order valence-corrected chi connectivity index (χ2v) is 8.38. The molecule has 1 aliphatic rings. The highest BCUT2D eigenvalue weighted by Crippen LogP contribution is 2.32. The number of aromatic nitrogens is 3. The number of morpholine rings is 1. The summed E-state index contributed by atoms with van der Waals surface area (Å²) >= 11 is 0. The summed E-state index contributed by atoms with van der Waals surface area (Å²) in [7, 11) is 0. The lowest BCUT2D eigenvalue weighted by atomic mass is 10.0. The molecule has 0 bridgehead atoms. The van der Waals surface area contributed by atoms with Crippen LogP contribution in [0.3, 0.4) is 0 Å². The zero-order valence-corrected chi connectivity index (χ0v) is 17.6. The maximum atomic E-state index is 9.85. The number of benzene rings is 3. The molecule has 3 heterocycles. The molecule has 6 heteroatoms. The van der Waals surface area contributed by atoms with E-state index >= 15 is 0 Å². The summed E-state index contributed by atoms with van der Waals surface area (Å²) in [4.78, 5) is 5.97. The molecule has 2 aromatic heterocycles. The largest absolute Gasteiger partial charge is 0.508 e.